The van der Waals surface area contributed by atoms with Crippen LogP contribution in [-0.2, 0) is 6.54 Å². The van der Waals surface area contributed by atoms with Crippen molar-refractivity contribution in [3.8, 4) is 0 Å². The van der Waals surface area contributed by atoms with Crippen LogP contribution < -0.4 is 5.32 Å². The molecule has 1 aliphatic rings. The summed E-state index contributed by atoms with van der Waals surface area (Å²) in [5, 5.41) is 3.56. The Morgan fingerprint density at radius 2 is 1.89 bits per heavy atom. The van der Waals surface area contributed by atoms with Gasteiger partial charge in [0.25, 0.3) is 0 Å². The average Bonchev–Trinajstić information content (AvgIpc) is 2.39. The lowest BCUT2D eigenvalue weighted by atomic mass is 9.70. The zero-order valence-corrected chi connectivity index (χ0v) is 12.7. The van der Waals surface area contributed by atoms with E-state index in [4.69, 9.17) is 0 Å². The molecule has 0 saturated heterocycles. The van der Waals surface area contributed by atoms with E-state index >= 15 is 0 Å². The van der Waals surface area contributed by atoms with Gasteiger partial charge in [-0.05, 0) is 61.6 Å². The first-order valence-electron chi connectivity index (χ1n) is 7.66. The largest absolute Gasteiger partial charge is 0.311 e. The molecule has 1 aliphatic carbocycles. The summed E-state index contributed by atoms with van der Waals surface area (Å²) in [6.07, 6.45) is 7.44. The average molecular weight is 260 g/mol. The zero-order chi connectivity index (χ0) is 13.7. The molecule has 0 spiro atoms. The molecule has 1 saturated carbocycles. The van der Waals surface area contributed by atoms with Crippen LogP contribution in [0, 0.1) is 17.3 Å². The highest BCUT2D eigenvalue weighted by molar-refractivity contribution is 5.02. The van der Waals surface area contributed by atoms with Crippen molar-refractivity contribution in [1.82, 2.24) is 10.3 Å². The number of aromatic nitrogens is 1. The fourth-order valence-corrected chi connectivity index (χ4v) is 3.14. The van der Waals surface area contributed by atoms with Crippen LogP contribution in [0.25, 0.3) is 0 Å². The monoisotopic (exact) mass is 260 g/mol. The normalized spacial score (nSPS) is 24.4. The van der Waals surface area contributed by atoms with E-state index in [1.54, 1.807) is 0 Å². The number of hydrogen-bond acceptors (Lipinski definition) is 2. The lowest BCUT2D eigenvalue weighted by Crippen LogP contribution is -2.30. The topological polar surface area (TPSA) is 24.9 Å². The molecule has 1 aromatic heterocycles. The Morgan fingerprint density at radius 1 is 1.16 bits per heavy atom. The van der Waals surface area contributed by atoms with E-state index in [2.05, 4.69) is 43.2 Å². The maximum absolute atomic E-state index is 4.34. The molecule has 1 heterocycles. The molecule has 1 aromatic rings. The second-order valence-corrected chi connectivity index (χ2v) is 7.04. The standard InChI is InChI=1S/C17H28N2/c1-17(2,3)15-9-7-14(8-10-15)12-18-13-16-6-4-5-11-19-16/h4-6,11,14-15,18H,7-10,12-13H2,1-3H3. The molecule has 0 radical (unpaired) electrons. The highest BCUT2D eigenvalue weighted by atomic mass is 14.9. The Labute approximate surface area is 118 Å². The highest BCUT2D eigenvalue weighted by Crippen LogP contribution is 2.39. The zero-order valence-electron chi connectivity index (χ0n) is 12.7. The van der Waals surface area contributed by atoms with E-state index in [1.807, 2.05) is 12.3 Å². The Hall–Kier alpha value is -0.890. The van der Waals surface area contributed by atoms with Crippen LogP contribution in [-0.4, -0.2) is 11.5 Å². The fourth-order valence-electron chi connectivity index (χ4n) is 3.14. The molecule has 0 bridgehead atoms. The van der Waals surface area contributed by atoms with E-state index in [1.165, 1.54) is 25.7 Å². The molecule has 0 atom stereocenters. The van der Waals surface area contributed by atoms with Crippen LogP contribution in [0.3, 0.4) is 0 Å². The van der Waals surface area contributed by atoms with Crippen LogP contribution in [0.5, 0.6) is 0 Å². The fraction of sp³-hybridized carbons (Fsp3) is 0.706. The third-order valence-corrected chi connectivity index (χ3v) is 4.54. The molecule has 19 heavy (non-hydrogen) atoms. The Kier molecular flexibility index (Phi) is 4.98. The van der Waals surface area contributed by atoms with E-state index < -0.39 is 0 Å². The van der Waals surface area contributed by atoms with E-state index in [0.29, 0.717) is 5.41 Å². The minimum atomic E-state index is 0.492. The van der Waals surface area contributed by atoms with Crippen molar-refractivity contribution >= 4 is 0 Å². The number of nitrogens with zero attached hydrogens (tertiary/aromatic N) is 1. The first kappa shape index (κ1) is 14.5. The predicted molar refractivity (Wildman–Crippen MR) is 80.8 cm³/mol. The molecule has 0 aliphatic heterocycles. The number of nitrogens with one attached hydrogen (secondary N) is 1. The van der Waals surface area contributed by atoms with Gasteiger partial charge >= 0.3 is 0 Å². The highest BCUT2D eigenvalue weighted by Gasteiger charge is 2.29. The first-order chi connectivity index (χ1) is 9.05. The predicted octanol–water partition coefficient (Wildman–Crippen LogP) is 4.02. The quantitative estimate of drug-likeness (QED) is 0.884. The summed E-state index contributed by atoms with van der Waals surface area (Å²) in [7, 11) is 0. The van der Waals surface area contributed by atoms with Crippen molar-refractivity contribution in [2.75, 3.05) is 6.54 Å². The van der Waals surface area contributed by atoms with Crippen molar-refractivity contribution < 1.29 is 0 Å². The molecule has 106 valence electrons. The summed E-state index contributed by atoms with van der Waals surface area (Å²) in [6, 6.07) is 6.11. The summed E-state index contributed by atoms with van der Waals surface area (Å²) >= 11 is 0. The molecule has 2 rings (SSSR count). The maximum Gasteiger partial charge on any atom is 0.0541 e. The Balaban J connectivity index is 1.66. The van der Waals surface area contributed by atoms with Gasteiger partial charge in [-0.3, -0.25) is 4.98 Å². The van der Waals surface area contributed by atoms with Gasteiger partial charge in [0.2, 0.25) is 0 Å². The summed E-state index contributed by atoms with van der Waals surface area (Å²) < 4.78 is 0. The van der Waals surface area contributed by atoms with E-state index in [9.17, 15) is 0 Å². The SMILES string of the molecule is CC(C)(C)C1CCC(CNCc2ccccn2)CC1. The number of hydrogen-bond donors (Lipinski definition) is 1. The minimum Gasteiger partial charge on any atom is -0.311 e. The van der Waals surface area contributed by atoms with Gasteiger partial charge in [0.1, 0.15) is 0 Å². The minimum absolute atomic E-state index is 0.492. The van der Waals surface area contributed by atoms with Crippen LogP contribution in [0.1, 0.15) is 52.1 Å². The molecule has 0 amide bonds. The van der Waals surface area contributed by atoms with Crippen LogP contribution in [0.2, 0.25) is 0 Å². The second kappa shape index (κ2) is 6.51. The molecule has 0 unspecified atom stereocenters. The van der Waals surface area contributed by atoms with E-state index in [-0.39, 0.29) is 0 Å². The van der Waals surface area contributed by atoms with Gasteiger partial charge < -0.3 is 5.32 Å². The van der Waals surface area contributed by atoms with Gasteiger partial charge in [-0.2, -0.15) is 0 Å². The van der Waals surface area contributed by atoms with Crippen LogP contribution in [0.15, 0.2) is 24.4 Å². The van der Waals surface area contributed by atoms with Gasteiger partial charge in [-0.25, -0.2) is 0 Å². The molecule has 2 nitrogen and oxygen atoms in total. The van der Waals surface area contributed by atoms with Gasteiger partial charge in [-0.1, -0.05) is 26.8 Å². The van der Waals surface area contributed by atoms with Gasteiger partial charge in [0.05, 0.1) is 5.69 Å². The van der Waals surface area contributed by atoms with Crippen molar-refractivity contribution in [3.63, 3.8) is 0 Å². The molecular weight excluding hydrogens is 232 g/mol. The summed E-state index contributed by atoms with van der Waals surface area (Å²) in [6.45, 7) is 9.21. The van der Waals surface area contributed by atoms with E-state index in [0.717, 1.165) is 30.6 Å². The molecule has 2 heteroatoms. The lowest BCUT2D eigenvalue weighted by Gasteiger charge is -2.37. The summed E-state index contributed by atoms with van der Waals surface area (Å²) in [5.74, 6) is 1.78. The van der Waals surface area contributed by atoms with Crippen molar-refractivity contribution in [1.29, 1.82) is 0 Å². The van der Waals surface area contributed by atoms with Crippen molar-refractivity contribution in [3.05, 3.63) is 30.1 Å². The molecular formula is C17H28N2. The first-order valence-corrected chi connectivity index (χ1v) is 7.66. The van der Waals surface area contributed by atoms with Gasteiger partial charge in [-0.15, -0.1) is 0 Å². The second-order valence-electron chi connectivity index (χ2n) is 7.04. The Morgan fingerprint density at radius 3 is 2.47 bits per heavy atom. The smallest absolute Gasteiger partial charge is 0.0541 e. The third-order valence-electron chi connectivity index (χ3n) is 4.54. The van der Waals surface area contributed by atoms with Crippen molar-refractivity contribution in [2.45, 2.75) is 53.0 Å². The van der Waals surface area contributed by atoms with Gasteiger partial charge in [0, 0.05) is 12.7 Å². The number of rotatable bonds is 4. The molecule has 1 N–H and O–H groups in total. The van der Waals surface area contributed by atoms with Crippen molar-refractivity contribution in [2.24, 2.45) is 17.3 Å². The van der Waals surface area contributed by atoms with Crippen LogP contribution in [0.4, 0.5) is 0 Å². The molecule has 0 aromatic carbocycles. The summed E-state index contributed by atoms with van der Waals surface area (Å²) in [4.78, 5) is 4.34. The molecule has 1 fully saturated rings. The number of pyridine rings is 1. The third kappa shape index (κ3) is 4.61. The van der Waals surface area contributed by atoms with Crippen LogP contribution >= 0.6 is 0 Å². The maximum atomic E-state index is 4.34. The lowest BCUT2D eigenvalue weighted by molar-refractivity contribution is 0.149. The van der Waals surface area contributed by atoms with Gasteiger partial charge in [0.15, 0.2) is 0 Å². The Bertz CT molecular complexity index is 359. The summed E-state index contributed by atoms with van der Waals surface area (Å²) in [5.41, 5.74) is 1.64.